The lowest BCUT2D eigenvalue weighted by molar-refractivity contribution is -0.165. The molecule has 1 heterocycles. The Labute approximate surface area is 65.0 Å². The third-order valence-electron chi connectivity index (χ3n) is 0.726. The highest BCUT2D eigenvalue weighted by molar-refractivity contribution is 8.76. The Balaban J connectivity index is 2.43. The number of ether oxygens (including phenoxy) is 2. The molecule has 0 amide bonds. The summed E-state index contributed by atoms with van der Waals surface area (Å²) in [6, 6.07) is 0. The number of hydrogen-bond acceptors (Lipinski definition) is 6. The first-order valence-corrected chi connectivity index (χ1v) is 4.88. The second-order valence-electron chi connectivity index (χ2n) is 1.33. The molecule has 0 atom stereocenters. The molecule has 4 nitrogen and oxygen atoms in total. The van der Waals surface area contributed by atoms with Crippen LogP contribution in [-0.2, 0) is 19.1 Å². The zero-order valence-electron chi connectivity index (χ0n) is 4.86. The molecule has 0 aliphatic carbocycles. The first-order chi connectivity index (χ1) is 4.80. The molecular weight excluding hydrogens is 176 g/mol. The van der Waals surface area contributed by atoms with Crippen molar-refractivity contribution in [3.63, 3.8) is 0 Å². The van der Waals surface area contributed by atoms with Gasteiger partial charge in [0.05, 0.1) is 0 Å². The van der Waals surface area contributed by atoms with Gasteiger partial charge in [0.2, 0.25) is 0 Å². The summed E-state index contributed by atoms with van der Waals surface area (Å²) in [5.74, 6) is -1.40. The van der Waals surface area contributed by atoms with Crippen molar-refractivity contribution in [2.24, 2.45) is 0 Å². The molecule has 1 rings (SSSR count). The van der Waals surface area contributed by atoms with Crippen LogP contribution in [0.15, 0.2) is 0 Å². The average Bonchev–Trinajstić information content (AvgIpc) is 1.92. The van der Waals surface area contributed by atoms with Gasteiger partial charge in [-0.1, -0.05) is 0 Å². The molecule has 0 aromatic heterocycles. The van der Waals surface area contributed by atoms with E-state index in [-0.39, 0.29) is 11.9 Å². The molecule has 0 radical (unpaired) electrons. The molecule has 0 spiro atoms. The Morgan fingerprint density at radius 2 is 1.40 bits per heavy atom. The lowest BCUT2D eigenvalue weighted by atomic mass is 10.7. The van der Waals surface area contributed by atoms with Crippen LogP contribution in [0, 0.1) is 0 Å². The van der Waals surface area contributed by atoms with Crippen molar-refractivity contribution in [3.05, 3.63) is 0 Å². The van der Waals surface area contributed by atoms with Gasteiger partial charge < -0.3 is 9.47 Å². The SMILES string of the molecule is O=C1OCSSCOC1=O. The molecule has 56 valence electrons. The molecule has 6 heteroatoms. The van der Waals surface area contributed by atoms with Crippen LogP contribution < -0.4 is 0 Å². The third kappa shape index (κ3) is 2.11. The van der Waals surface area contributed by atoms with Crippen LogP contribution in [0.5, 0.6) is 0 Å². The third-order valence-corrected chi connectivity index (χ3v) is 2.40. The van der Waals surface area contributed by atoms with E-state index in [1.54, 1.807) is 0 Å². The van der Waals surface area contributed by atoms with Crippen LogP contribution in [-0.4, -0.2) is 23.8 Å². The number of hydrogen-bond donors (Lipinski definition) is 0. The normalized spacial score (nSPS) is 20.4. The van der Waals surface area contributed by atoms with Crippen LogP contribution in [0.1, 0.15) is 0 Å². The van der Waals surface area contributed by atoms with Crippen LogP contribution in [0.4, 0.5) is 0 Å². The average molecular weight is 180 g/mol. The van der Waals surface area contributed by atoms with Gasteiger partial charge in [-0.2, -0.15) is 0 Å². The Kier molecular flexibility index (Phi) is 2.88. The van der Waals surface area contributed by atoms with Crippen LogP contribution >= 0.6 is 21.6 Å². The maximum Gasteiger partial charge on any atom is 0.418 e. The highest BCUT2D eigenvalue weighted by atomic mass is 33.1. The summed E-state index contributed by atoms with van der Waals surface area (Å²) in [7, 11) is 2.66. The first-order valence-electron chi connectivity index (χ1n) is 2.39. The molecule has 0 aromatic rings. The fraction of sp³-hybridized carbons (Fsp3) is 0.500. The Morgan fingerprint density at radius 3 is 1.80 bits per heavy atom. The first kappa shape index (κ1) is 7.74. The molecule has 1 aliphatic rings. The van der Waals surface area contributed by atoms with Gasteiger partial charge in [-0.15, -0.1) is 0 Å². The second-order valence-corrected chi connectivity index (χ2v) is 3.69. The van der Waals surface area contributed by atoms with Crippen LogP contribution in [0.3, 0.4) is 0 Å². The highest BCUT2D eigenvalue weighted by Gasteiger charge is 2.18. The minimum Gasteiger partial charge on any atom is -0.445 e. The highest BCUT2D eigenvalue weighted by Crippen LogP contribution is 2.22. The lowest BCUT2D eigenvalue weighted by Gasteiger charge is -2.07. The van der Waals surface area contributed by atoms with Crippen molar-refractivity contribution in [2.45, 2.75) is 0 Å². The Bertz CT molecular complexity index is 139. The zero-order valence-corrected chi connectivity index (χ0v) is 6.50. The summed E-state index contributed by atoms with van der Waals surface area (Å²) in [5.41, 5.74) is 0. The topological polar surface area (TPSA) is 52.6 Å². The molecule has 0 saturated carbocycles. The van der Waals surface area contributed by atoms with Gasteiger partial charge >= 0.3 is 11.9 Å². The molecule has 1 saturated heterocycles. The Hall–Kier alpha value is -0.360. The summed E-state index contributed by atoms with van der Waals surface area (Å²) >= 11 is 0. The van der Waals surface area contributed by atoms with Gasteiger partial charge in [0, 0.05) is 0 Å². The largest absolute Gasteiger partial charge is 0.445 e. The maximum absolute atomic E-state index is 10.4. The monoisotopic (exact) mass is 180 g/mol. The van der Waals surface area contributed by atoms with Crippen LogP contribution in [0.2, 0.25) is 0 Å². The maximum atomic E-state index is 10.4. The molecule has 0 unspecified atom stereocenters. The summed E-state index contributed by atoms with van der Waals surface area (Å²) in [6.45, 7) is 0. The van der Waals surface area contributed by atoms with E-state index in [1.165, 1.54) is 21.6 Å². The van der Waals surface area contributed by atoms with Crippen molar-refractivity contribution in [2.75, 3.05) is 11.9 Å². The zero-order chi connectivity index (χ0) is 7.40. The summed E-state index contributed by atoms with van der Waals surface area (Å²) < 4.78 is 8.85. The summed E-state index contributed by atoms with van der Waals surface area (Å²) in [4.78, 5) is 20.9. The molecule has 10 heavy (non-hydrogen) atoms. The van der Waals surface area contributed by atoms with E-state index in [2.05, 4.69) is 9.47 Å². The van der Waals surface area contributed by atoms with Crippen molar-refractivity contribution < 1.29 is 19.1 Å². The van der Waals surface area contributed by atoms with Crippen molar-refractivity contribution in [1.82, 2.24) is 0 Å². The van der Waals surface area contributed by atoms with Gasteiger partial charge in [0.1, 0.15) is 11.9 Å². The van der Waals surface area contributed by atoms with E-state index in [9.17, 15) is 9.59 Å². The van der Waals surface area contributed by atoms with Gasteiger partial charge in [-0.05, 0) is 21.6 Å². The van der Waals surface area contributed by atoms with E-state index in [4.69, 9.17) is 0 Å². The van der Waals surface area contributed by atoms with E-state index in [0.717, 1.165) is 0 Å². The molecule has 0 bridgehead atoms. The molecule has 0 aromatic carbocycles. The minimum atomic E-state index is -0.909. The van der Waals surface area contributed by atoms with E-state index < -0.39 is 11.9 Å². The van der Waals surface area contributed by atoms with Crippen molar-refractivity contribution >= 4 is 33.5 Å². The van der Waals surface area contributed by atoms with Crippen molar-refractivity contribution in [3.8, 4) is 0 Å². The van der Waals surface area contributed by atoms with Gasteiger partial charge in [0.25, 0.3) is 0 Å². The number of cyclic esters (lactones) is 2. The number of carbonyl (C=O) groups is 2. The fourth-order valence-corrected chi connectivity index (χ4v) is 1.48. The lowest BCUT2D eigenvalue weighted by Crippen LogP contribution is -2.21. The number of carbonyl (C=O) groups excluding carboxylic acids is 2. The van der Waals surface area contributed by atoms with Gasteiger partial charge in [-0.25, -0.2) is 9.59 Å². The van der Waals surface area contributed by atoms with E-state index >= 15 is 0 Å². The van der Waals surface area contributed by atoms with E-state index in [1.807, 2.05) is 0 Å². The predicted octanol–water partition coefficient (Wildman–Crippen LogP) is 0.383. The minimum absolute atomic E-state index is 0.207. The standard InChI is InChI=1S/C4H4O4S2/c5-3-4(6)8-2-10-9-1-7-3/h1-2H2. The molecule has 1 fully saturated rings. The van der Waals surface area contributed by atoms with E-state index in [0.29, 0.717) is 0 Å². The molecule has 0 N–H and O–H groups in total. The Morgan fingerprint density at radius 1 is 1.00 bits per heavy atom. The second kappa shape index (κ2) is 3.72. The fourth-order valence-electron chi connectivity index (χ4n) is 0.341. The molecule has 1 aliphatic heterocycles. The summed E-state index contributed by atoms with van der Waals surface area (Å²) in [5, 5.41) is 0. The summed E-state index contributed by atoms with van der Waals surface area (Å²) in [6.07, 6.45) is 0. The number of esters is 2. The molecular formula is C4H4O4S2. The quantitative estimate of drug-likeness (QED) is 0.305. The number of rotatable bonds is 0. The van der Waals surface area contributed by atoms with Gasteiger partial charge in [-0.3, -0.25) is 0 Å². The smallest absolute Gasteiger partial charge is 0.418 e. The van der Waals surface area contributed by atoms with Gasteiger partial charge in [0.15, 0.2) is 0 Å². The predicted molar refractivity (Wildman–Crippen MR) is 37.1 cm³/mol. The van der Waals surface area contributed by atoms with Crippen molar-refractivity contribution in [1.29, 1.82) is 0 Å². The van der Waals surface area contributed by atoms with Crippen LogP contribution in [0.25, 0.3) is 0 Å².